The number of ether oxygens (including phenoxy) is 5. The summed E-state index contributed by atoms with van der Waals surface area (Å²) < 4.78 is 28.6. The van der Waals surface area contributed by atoms with Crippen LogP contribution < -0.4 is 15.4 Å². The minimum absolute atomic E-state index is 0.0778. The van der Waals surface area contributed by atoms with Gasteiger partial charge < -0.3 is 34.3 Å². The number of aromatic nitrogens is 1. The van der Waals surface area contributed by atoms with Crippen LogP contribution in [0, 0.1) is 6.92 Å². The molecule has 28 heavy (non-hydrogen) atoms. The highest BCUT2D eigenvalue weighted by Crippen LogP contribution is 2.30. The smallest absolute Gasteiger partial charge is 0.315 e. The van der Waals surface area contributed by atoms with Crippen molar-refractivity contribution in [1.29, 1.82) is 0 Å². The minimum atomic E-state index is -0.251. The monoisotopic (exact) mass is 393 g/mol. The fourth-order valence-corrected chi connectivity index (χ4v) is 3.93. The third kappa shape index (κ3) is 4.07. The second kappa shape index (κ2) is 8.60. The largest absolute Gasteiger partial charge is 0.483 e. The first-order chi connectivity index (χ1) is 13.7. The van der Waals surface area contributed by atoms with E-state index < -0.39 is 0 Å². The Balaban J connectivity index is 1.30. The lowest BCUT2D eigenvalue weighted by atomic mass is 10.1. The molecule has 0 radical (unpaired) electrons. The van der Waals surface area contributed by atoms with Crippen LogP contribution in [0.5, 0.6) is 5.75 Å². The molecular weight excluding hydrogens is 366 g/mol. The standard InChI is InChI=1S/C19H27N3O6/c1-11-14(4-3-6-20-11)28-16-10-27-17-13(8-26-18(16)17)22-19(23)21-12-5-7-25-9-15(12)24-2/h3-4,6,12-13,15-18H,5,7-10H2,1-2H3,(H2,21,22,23)/t12?,13-,15-,16-,17+,18+/m0/s1. The highest BCUT2D eigenvalue weighted by Gasteiger charge is 2.49. The number of hydrogen-bond donors (Lipinski definition) is 2. The van der Waals surface area contributed by atoms with Crippen LogP contribution in [0.15, 0.2) is 18.3 Å². The molecule has 0 saturated carbocycles. The van der Waals surface area contributed by atoms with Crippen molar-refractivity contribution in [2.24, 2.45) is 0 Å². The maximum Gasteiger partial charge on any atom is 0.315 e. The average molecular weight is 393 g/mol. The number of carbonyl (C=O) groups is 1. The first-order valence-corrected chi connectivity index (χ1v) is 9.64. The maximum absolute atomic E-state index is 12.5. The zero-order valence-electron chi connectivity index (χ0n) is 16.1. The maximum atomic E-state index is 12.5. The second-order valence-electron chi connectivity index (χ2n) is 7.31. The van der Waals surface area contributed by atoms with Crippen molar-refractivity contribution in [3.8, 4) is 5.75 Å². The van der Waals surface area contributed by atoms with Gasteiger partial charge in [0.2, 0.25) is 0 Å². The van der Waals surface area contributed by atoms with Gasteiger partial charge in [-0.15, -0.1) is 0 Å². The van der Waals surface area contributed by atoms with Gasteiger partial charge in [-0.25, -0.2) is 4.79 Å². The first-order valence-electron chi connectivity index (χ1n) is 9.64. The fraction of sp³-hybridized carbons (Fsp3) is 0.684. The number of aryl methyl sites for hydroxylation is 1. The Morgan fingerprint density at radius 3 is 2.79 bits per heavy atom. The Kier molecular flexibility index (Phi) is 5.96. The normalized spacial score (nSPS) is 34.6. The van der Waals surface area contributed by atoms with E-state index in [0.717, 1.165) is 17.9 Å². The van der Waals surface area contributed by atoms with Gasteiger partial charge in [-0.2, -0.15) is 0 Å². The van der Waals surface area contributed by atoms with E-state index in [1.54, 1.807) is 13.3 Å². The Morgan fingerprint density at radius 2 is 1.96 bits per heavy atom. The number of carbonyl (C=O) groups excluding carboxylic acids is 1. The van der Waals surface area contributed by atoms with Crippen molar-refractivity contribution in [2.75, 3.05) is 33.5 Å². The molecule has 154 valence electrons. The summed E-state index contributed by atoms with van der Waals surface area (Å²) in [6.45, 7) is 3.79. The summed E-state index contributed by atoms with van der Waals surface area (Å²) in [5.74, 6) is 0.722. The molecule has 1 aromatic heterocycles. The third-order valence-corrected chi connectivity index (χ3v) is 5.48. The van der Waals surface area contributed by atoms with Crippen LogP contribution in [0.25, 0.3) is 0 Å². The fourth-order valence-electron chi connectivity index (χ4n) is 3.93. The van der Waals surface area contributed by atoms with Crippen LogP contribution in [0.4, 0.5) is 4.79 Å². The highest BCUT2D eigenvalue weighted by atomic mass is 16.6. The molecule has 0 aliphatic carbocycles. The molecule has 6 atom stereocenters. The molecule has 4 rings (SSSR count). The van der Waals surface area contributed by atoms with Crippen LogP contribution >= 0.6 is 0 Å². The number of nitrogens with zero attached hydrogens (tertiary/aromatic N) is 1. The van der Waals surface area contributed by atoms with Gasteiger partial charge in [0.15, 0.2) is 6.10 Å². The molecule has 1 unspecified atom stereocenters. The van der Waals surface area contributed by atoms with Crippen molar-refractivity contribution >= 4 is 6.03 Å². The van der Waals surface area contributed by atoms with E-state index in [2.05, 4.69) is 15.6 Å². The number of hydrogen-bond acceptors (Lipinski definition) is 7. The van der Waals surface area contributed by atoms with E-state index in [-0.39, 0.29) is 42.5 Å². The second-order valence-corrected chi connectivity index (χ2v) is 7.31. The van der Waals surface area contributed by atoms with Gasteiger partial charge in [0, 0.05) is 19.9 Å². The number of fused-ring (bicyclic) bond motifs is 1. The summed E-state index contributed by atoms with van der Waals surface area (Å²) in [6, 6.07) is 3.16. The van der Waals surface area contributed by atoms with Crippen molar-refractivity contribution < 1.29 is 28.5 Å². The van der Waals surface area contributed by atoms with E-state index >= 15 is 0 Å². The SMILES string of the molecule is CO[C@H]1COCCC1NC(=O)N[C@H]1CO[C@H]2[C@@H]1OC[C@@H]2Oc1cccnc1C. The zero-order chi connectivity index (χ0) is 19.5. The molecule has 4 heterocycles. The van der Waals surface area contributed by atoms with Gasteiger partial charge in [-0.3, -0.25) is 4.98 Å². The zero-order valence-corrected chi connectivity index (χ0v) is 16.1. The van der Waals surface area contributed by atoms with Crippen LogP contribution in [0.1, 0.15) is 12.1 Å². The van der Waals surface area contributed by atoms with Gasteiger partial charge in [-0.1, -0.05) is 0 Å². The number of pyridine rings is 1. The van der Waals surface area contributed by atoms with E-state index in [1.165, 1.54) is 0 Å². The number of rotatable bonds is 5. The molecule has 3 aliphatic heterocycles. The van der Waals surface area contributed by atoms with Crippen molar-refractivity contribution in [3.63, 3.8) is 0 Å². The lowest BCUT2D eigenvalue weighted by Gasteiger charge is -2.31. The lowest BCUT2D eigenvalue weighted by Crippen LogP contribution is -2.55. The van der Waals surface area contributed by atoms with Gasteiger partial charge in [-0.05, 0) is 25.5 Å². The predicted molar refractivity (Wildman–Crippen MR) is 98.3 cm³/mol. The number of amides is 2. The van der Waals surface area contributed by atoms with Gasteiger partial charge in [0.1, 0.15) is 24.1 Å². The van der Waals surface area contributed by atoms with Gasteiger partial charge in [0.25, 0.3) is 0 Å². The number of methoxy groups -OCH3 is 1. The molecular formula is C19H27N3O6. The van der Waals surface area contributed by atoms with Gasteiger partial charge >= 0.3 is 6.03 Å². The average Bonchev–Trinajstić information content (AvgIpc) is 3.27. The molecule has 1 aromatic rings. The first kappa shape index (κ1) is 19.4. The van der Waals surface area contributed by atoms with E-state index in [1.807, 2.05) is 19.1 Å². The summed E-state index contributed by atoms with van der Waals surface area (Å²) in [4.78, 5) is 16.7. The van der Waals surface area contributed by atoms with E-state index in [0.29, 0.717) is 26.4 Å². The molecule has 0 spiro atoms. The molecule has 2 amide bonds. The Bertz CT molecular complexity index is 689. The number of urea groups is 1. The summed E-state index contributed by atoms with van der Waals surface area (Å²) >= 11 is 0. The molecule has 0 aromatic carbocycles. The van der Waals surface area contributed by atoms with Crippen molar-refractivity contribution in [2.45, 2.75) is 49.8 Å². The molecule has 3 fully saturated rings. The molecule has 9 heteroatoms. The van der Waals surface area contributed by atoms with Crippen molar-refractivity contribution in [3.05, 3.63) is 24.0 Å². The lowest BCUT2D eigenvalue weighted by molar-refractivity contribution is -0.0471. The van der Waals surface area contributed by atoms with E-state index in [9.17, 15) is 4.79 Å². The Labute approximate surface area is 164 Å². The summed E-state index contributed by atoms with van der Waals surface area (Å²) in [6.07, 6.45) is 1.62. The van der Waals surface area contributed by atoms with E-state index in [4.69, 9.17) is 23.7 Å². The van der Waals surface area contributed by atoms with Crippen LogP contribution in [-0.4, -0.2) is 81.1 Å². The summed E-state index contributed by atoms with van der Waals surface area (Å²) in [7, 11) is 1.62. The molecule has 3 aliphatic rings. The molecule has 3 saturated heterocycles. The van der Waals surface area contributed by atoms with Crippen LogP contribution in [0.2, 0.25) is 0 Å². The summed E-state index contributed by atoms with van der Waals surface area (Å²) in [5.41, 5.74) is 0.821. The van der Waals surface area contributed by atoms with Crippen molar-refractivity contribution in [1.82, 2.24) is 15.6 Å². The quantitative estimate of drug-likeness (QED) is 0.747. The molecule has 0 bridgehead atoms. The molecule has 2 N–H and O–H groups in total. The number of nitrogens with one attached hydrogen (secondary N) is 2. The topological polar surface area (TPSA) is 100 Å². The van der Waals surface area contributed by atoms with Gasteiger partial charge in [0.05, 0.1) is 37.6 Å². The minimum Gasteiger partial charge on any atom is -0.483 e. The Hall–Kier alpha value is -1.94. The highest BCUT2D eigenvalue weighted by molar-refractivity contribution is 5.74. The summed E-state index contributed by atoms with van der Waals surface area (Å²) in [5, 5.41) is 5.95. The molecule has 9 nitrogen and oxygen atoms in total. The van der Waals surface area contributed by atoms with Crippen LogP contribution in [-0.2, 0) is 18.9 Å². The predicted octanol–water partition coefficient (Wildman–Crippen LogP) is 0.407. The third-order valence-electron chi connectivity index (χ3n) is 5.48. The Morgan fingerprint density at radius 1 is 1.14 bits per heavy atom. The van der Waals surface area contributed by atoms with Crippen LogP contribution in [0.3, 0.4) is 0 Å².